The molecule has 12 heteroatoms. The van der Waals surface area contributed by atoms with Gasteiger partial charge in [-0.2, -0.15) is 0 Å². The van der Waals surface area contributed by atoms with Crippen LogP contribution in [-0.4, -0.2) is 81.5 Å². The number of nitrogens with zero attached hydrogens (tertiary/aromatic N) is 1. The van der Waals surface area contributed by atoms with Crippen LogP contribution in [0.1, 0.15) is 112 Å². The summed E-state index contributed by atoms with van der Waals surface area (Å²) in [5.74, 6) is -1.96. The highest BCUT2D eigenvalue weighted by Crippen LogP contribution is 2.70. The van der Waals surface area contributed by atoms with Gasteiger partial charge >= 0.3 is 11.9 Å². The molecule has 0 aromatic rings. The molecule has 6 aliphatic rings. The summed E-state index contributed by atoms with van der Waals surface area (Å²) in [5.41, 5.74) is -2.83. The molecule has 272 valence electrons. The molecule has 9 atom stereocenters. The van der Waals surface area contributed by atoms with Crippen molar-refractivity contribution in [2.45, 2.75) is 136 Å². The van der Waals surface area contributed by atoms with Gasteiger partial charge in [0.2, 0.25) is 5.91 Å². The van der Waals surface area contributed by atoms with Crippen LogP contribution in [0.5, 0.6) is 0 Å². The highest BCUT2D eigenvalue weighted by Gasteiger charge is 2.70. The first-order valence-corrected chi connectivity index (χ1v) is 18.1. The quantitative estimate of drug-likeness (QED) is 0.241. The average Bonchev–Trinajstić information content (AvgIpc) is 3.67. The van der Waals surface area contributed by atoms with Gasteiger partial charge in [0.25, 0.3) is 11.8 Å². The fourth-order valence-electron chi connectivity index (χ4n) is 11.2. The number of aliphatic hydroxyl groups excluding tert-OH is 1. The predicted molar refractivity (Wildman–Crippen MR) is 175 cm³/mol. The maximum absolute atomic E-state index is 13.1. The van der Waals surface area contributed by atoms with Crippen molar-refractivity contribution in [3.8, 4) is 0 Å². The van der Waals surface area contributed by atoms with Gasteiger partial charge in [0, 0.05) is 29.9 Å². The Bertz CT molecular complexity index is 1420. The zero-order valence-electron chi connectivity index (χ0n) is 29.8. The Labute approximate surface area is 288 Å². The van der Waals surface area contributed by atoms with Crippen LogP contribution in [0, 0.1) is 39.9 Å². The van der Waals surface area contributed by atoms with E-state index in [2.05, 4.69) is 12.2 Å². The second-order valence-electron chi connectivity index (χ2n) is 17.5. The molecule has 0 bridgehead atoms. The number of esters is 1. The van der Waals surface area contributed by atoms with Gasteiger partial charge in [0.1, 0.15) is 13.2 Å². The zero-order valence-corrected chi connectivity index (χ0v) is 29.8. The smallest absolute Gasteiger partial charge is 0.338 e. The molecule has 4 saturated carbocycles. The number of nitrogens with one attached hydrogen (secondary N) is 1. The lowest BCUT2D eigenvalue weighted by Crippen LogP contribution is -2.67. The third kappa shape index (κ3) is 6.13. The van der Waals surface area contributed by atoms with Gasteiger partial charge in [0.15, 0.2) is 0 Å². The monoisotopic (exact) mass is 686 g/mol. The number of hydrogen-bond acceptors (Lipinski definition) is 10. The molecule has 49 heavy (non-hydrogen) atoms. The summed E-state index contributed by atoms with van der Waals surface area (Å²) in [6, 6.07) is 0. The van der Waals surface area contributed by atoms with Gasteiger partial charge in [-0.3, -0.25) is 14.4 Å². The van der Waals surface area contributed by atoms with Crippen LogP contribution in [0.15, 0.2) is 11.6 Å². The Hall–Kier alpha value is -2.83. The molecule has 1 saturated heterocycles. The van der Waals surface area contributed by atoms with Gasteiger partial charge in [0.05, 0.1) is 23.2 Å². The third-order valence-corrected chi connectivity index (χ3v) is 13.6. The number of carbonyl (C=O) groups is 5. The highest BCUT2D eigenvalue weighted by molar-refractivity contribution is 6.01. The minimum Gasteiger partial charge on any atom is -0.458 e. The first kappa shape index (κ1) is 36.0. The fourth-order valence-corrected chi connectivity index (χ4v) is 11.2. The number of aliphatic hydroxyl groups is 2. The molecule has 5 fully saturated rings. The van der Waals surface area contributed by atoms with Crippen molar-refractivity contribution < 1.29 is 48.5 Å². The topological polar surface area (TPSA) is 169 Å². The van der Waals surface area contributed by atoms with Crippen LogP contribution in [0.25, 0.3) is 0 Å². The Morgan fingerprint density at radius 2 is 1.69 bits per heavy atom. The van der Waals surface area contributed by atoms with Crippen molar-refractivity contribution in [1.29, 1.82) is 0 Å². The maximum atomic E-state index is 13.1. The summed E-state index contributed by atoms with van der Waals surface area (Å²) in [6.07, 6.45) is 7.24. The average molecular weight is 687 g/mol. The Morgan fingerprint density at radius 3 is 2.35 bits per heavy atom. The molecule has 2 aliphatic heterocycles. The van der Waals surface area contributed by atoms with Crippen molar-refractivity contribution in [3.63, 3.8) is 0 Å². The summed E-state index contributed by atoms with van der Waals surface area (Å²) in [7, 11) is 0. The molecule has 0 radical (unpaired) electrons. The van der Waals surface area contributed by atoms with E-state index in [-0.39, 0.29) is 73.6 Å². The molecule has 4 aliphatic carbocycles. The molecule has 6 rings (SSSR count). The van der Waals surface area contributed by atoms with Crippen molar-refractivity contribution in [2.24, 2.45) is 39.9 Å². The number of imide groups is 1. The van der Waals surface area contributed by atoms with Crippen LogP contribution in [0.4, 0.5) is 0 Å². The number of carbonyl (C=O) groups excluding carboxylic acids is 5. The van der Waals surface area contributed by atoms with Crippen LogP contribution in [0.2, 0.25) is 0 Å². The van der Waals surface area contributed by atoms with E-state index in [1.54, 1.807) is 33.8 Å². The predicted octanol–water partition coefficient (Wildman–Crippen LogP) is 3.52. The van der Waals surface area contributed by atoms with Gasteiger partial charge in [-0.1, -0.05) is 13.8 Å². The van der Waals surface area contributed by atoms with Crippen molar-refractivity contribution in [3.05, 3.63) is 11.6 Å². The number of hydroxylamine groups is 2. The molecule has 0 aromatic carbocycles. The van der Waals surface area contributed by atoms with Gasteiger partial charge in [-0.15, -0.1) is 5.06 Å². The number of fused-ring (bicyclic) bond motifs is 5. The molecule has 2 unspecified atom stereocenters. The lowest BCUT2D eigenvalue weighted by Gasteiger charge is -2.65. The summed E-state index contributed by atoms with van der Waals surface area (Å²) in [5, 5.41) is 27.8. The Kier molecular flexibility index (Phi) is 9.13. The molecule has 2 heterocycles. The van der Waals surface area contributed by atoms with Crippen molar-refractivity contribution >= 4 is 29.7 Å². The fraction of sp³-hybridized carbons (Fsp3) is 0.811. The van der Waals surface area contributed by atoms with Crippen molar-refractivity contribution in [1.82, 2.24) is 10.4 Å². The number of amides is 3. The van der Waals surface area contributed by atoms with Crippen molar-refractivity contribution in [2.75, 3.05) is 13.2 Å². The second kappa shape index (κ2) is 12.4. The largest absolute Gasteiger partial charge is 0.458 e. The Balaban J connectivity index is 1.03. The number of hydrogen-bond donors (Lipinski definition) is 3. The molecule has 0 aromatic heterocycles. The first-order chi connectivity index (χ1) is 22.8. The minimum atomic E-state index is -1.09. The van der Waals surface area contributed by atoms with E-state index in [1.165, 1.54) is 0 Å². The van der Waals surface area contributed by atoms with Gasteiger partial charge in [-0.25, -0.2) is 9.59 Å². The van der Waals surface area contributed by atoms with E-state index >= 15 is 0 Å². The maximum Gasteiger partial charge on any atom is 0.338 e. The van der Waals surface area contributed by atoms with Crippen LogP contribution < -0.4 is 5.32 Å². The lowest BCUT2D eigenvalue weighted by molar-refractivity contribution is -0.245. The highest BCUT2D eigenvalue weighted by atomic mass is 16.7. The SMILES string of the molecule is CC(C)(CC(C)(C)C(=O)ON1C(=O)CCC1=O)NC(=O)CO[C@H]1CC[C@]2(C)C3C[C@@H](O)[C@]4(C)[C@@H](C5=CC(=O)OC5)CC[C@]4(O)C3CC[C@@H]2C1. The standard InChI is InChI=1S/C37H54N2O10/c1-33(2,32(45)49-39-29(42)9-10-30(39)43)20-34(3,4)38-28(41)19-47-23-11-13-35(5)22(16-23)7-8-25-26(35)17-27(40)36(6)24(12-14-37(25,36)46)21-15-31(44)48-18-21/h15,22-27,40,46H,7-14,16-20H2,1-6H3,(H,38,41)/t22-,23+,24-,25?,26?,27-,35+,36+,37+/m1/s1. The molecular weight excluding hydrogens is 632 g/mol. The number of rotatable bonds is 9. The van der Waals surface area contributed by atoms with E-state index in [9.17, 15) is 34.2 Å². The van der Waals surface area contributed by atoms with Crippen LogP contribution >= 0.6 is 0 Å². The van der Waals surface area contributed by atoms with Gasteiger partial charge in [-0.05, 0) is 120 Å². The molecule has 3 N–H and O–H groups in total. The number of ether oxygens (including phenoxy) is 2. The first-order valence-electron chi connectivity index (χ1n) is 18.1. The molecule has 0 spiro atoms. The normalized spacial score (nSPS) is 39.1. The molecule has 12 nitrogen and oxygen atoms in total. The van der Waals surface area contributed by atoms with E-state index in [1.807, 2.05) is 6.92 Å². The van der Waals surface area contributed by atoms with E-state index < -0.39 is 45.9 Å². The van der Waals surface area contributed by atoms with E-state index in [0.29, 0.717) is 23.8 Å². The lowest BCUT2D eigenvalue weighted by atomic mass is 9.42. The summed E-state index contributed by atoms with van der Waals surface area (Å²) >= 11 is 0. The molecular formula is C37H54N2O10. The van der Waals surface area contributed by atoms with Crippen LogP contribution in [0.3, 0.4) is 0 Å². The number of cyclic esters (lactones) is 1. The summed E-state index contributed by atoms with van der Waals surface area (Å²) < 4.78 is 11.4. The summed E-state index contributed by atoms with van der Waals surface area (Å²) in [6.45, 7) is 11.4. The Morgan fingerprint density at radius 1 is 1.00 bits per heavy atom. The zero-order chi connectivity index (χ0) is 35.7. The van der Waals surface area contributed by atoms with E-state index in [4.69, 9.17) is 14.3 Å². The summed E-state index contributed by atoms with van der Waals surface area (Å²) in [4.78, 5) is 66.8. The minimum absolute atomic E-state index is 0.0164. The van der Waals surface area contributed by atoms with E-state index in [0.717, 1.165) is 44.1 Å². The second-order valence-corrected chi connectivity index (χ2v) is 17.5. The van der Waals surface area contributed by atoms with Crippen LogP contribution in [-0.2, 0) is 38.3 Å². The van der Waals surface area contributed by atoms with Gasteiger partial charge < -0.3 is 29.8 Å². The third-order valence-electron chi connectivity index (χ3n) is 13.6. The molecule has 3 amide bonds.